The van der Waals surface area contributed by atoms with Crippen molar-refractivity contribution in [2.45, 2.75) is 45.2 Å². The van der Waals surface area contributed by atoms with Gasteiger partial charge in [0.1, 0.15) is 5.84 Å². The van der Waals surface area contributed by atoms with Gasteiger partial charge in [-0.15, -0.1) is 0 Å². The molecule has 0 bridgehead atoms. The molecule has 110 valence electrons. The second-order valence-electron chi connectivity index (χ2n) is 6.05. The summed E-state index contributed by atoms with van der Waals surface area (Å²) in [5, 5.41) is 8.13. The van der Waals surface area contributed by atoms with Crippen molar-refractivity contribution >= 4 is 17.4 Å². The second-order valence-corrected chi connectivity index (χ2v) is 6.46. The first-order valence-electron chi connectivity index (χ1n) is 7.30. The van der Waals surface area contributed by atoms with E-state index in [1.165, 1.54) is 25.7 Å². The molecule has 3 N–H and O–H groups in total. The number of nitrogens with zero attached hydrogens (tertiary/aromatic N) is 1. The number of nitrogen functional groups attached to an aromatic ring is 1. The Kier molecular flexibility index (Phi) is 5.06. The Morgan fingerprint density at radius 2 is 2.00 bits per heavy atom. The van der Waals surface area contributed by atoms with Gasteiger partial charge in [-0.25, -0.2) is 0 Å². The van der Waals surface area contributed by atoms with Gasteiger partial charge in [-0.05, 0) is 50.3 Å². The van der Waals surface area contributed by atoms with Gasteiger partial charge in [0.2, 0.25) is 0 Å². The van der Waals surface area contributed by atoms with Crippen LogP contribution in [0, 0.1) is 11.3 Å². The molecule has 0 unspecified atom stereocenters. The van der Waals surface area contributed by atoms with Crippen LogP contribution in [0.15, 0.2) is 18.2 Å². The lowest BCUT2D eigenvalue weighted by atomic mass is 9.86. The molecule has 4 heteroatoms. The van der Waals surface area contributed by atoms with Crippen LogP contribution in [-0.4, -0.2) is 23.8 Å². The Balaban J connectivity index is 2.00. The maximum Gasteiger partial charge on any atom is 0.122 e. The van der Waals surface area contributed by atoms with Gasteiger partial charge in [0.25, 0.3) is 0 Å². The fraction of sp³-hybridized carbons (Fsp3) is 0.562. The van der Waals surface area contributed by atoms with Gasteiger partial charge in [0.05, 0.1) is 0 Å². The largest absolute Gasteiger partial charge is 0.384 e. The van der Waals surface area contributed by atoms with Crippen molar-refractivity contribution in [1.29, 1.82) is 5.41 Å². The topological polar surface area (TPSA) is 53.1 Å². The first-order valence-corrected chi connectivity index (χ1v) is 7.68. The van der Waals surface area contributed by atoms with E-state index in [2.05, 4.69) is 18.9 Å². The van der Waals surface area contributed by atoms with Crippen molar-refractivity contribution in [3.63, 3.8) is 0 Å². The van der Waals surface area contributed by atoms with Crippen molar-refractivity contribution in [2.75, 3.05) is 7.05 Å². The molecule has 1 aliphatic carbocycles. The predicted octanol–water partition coefficient (Wildman–Crippen LogP) is 3.63. The number of benzene rings is 1. The fourth-order valence-electron chi connectivity index (χ4n) is 2.92. The SMILES string of the molecule is CC1CCC(N(C)Cc2ccc(C(=N)N)cc2Cl)CC1. The lowest BCUT2D eigenvalue weighted by Crippen LogP contribution is -2.34. The Morgan fingerprint density at radius 1 is 1.35 bits per heavy atom. The lowest BCUT2D eigenvalue weighted by Gasteiger charge is -2.33. The molecule has 1 aromatic carbocycles. The van der Waals surface area contributed by atoms with Gasteiger partial charge < -0.3 is 5.73 Å². The summed E-state index contributed by atoms with van der Waals surface area (Å²) in [5.74, 6) is 0.936. The van der Waals surface area contributed by atoms with Crippen LogP contribution >= 0.6 is 11.6 Å². The van der Waals surface area contributed by atoms with Gasteiger partial charge in [-0.3, -0.25) is 10.3 Å². The van der Waals surface area contributed by atoms with Gasteiger partial charge in [-0.2, -0.15) is 0 Å². The van der Waals surface area contributed by atoms with Crippen molar-refractivity contribution in [2.24, 2.45) is 11.7 Å². The summed E-state index contributed by atoms with van der Waals surface area (Å²) >= 11 is 6.30. The van der Waals surface area contributed by atoms with Crippen LogP contribution in [0.2, 0.25) is 5.02 Å². The number of hydrogen-bond acceptors (Lipinski definition) is 2. The quantitative estimate of drug-likeness (QED) is 0.658. The predicted molar refractivity (Wildman–Crippen MR) is 85.4 cm³/mol. The molecule has 0 amide bonds. The molecule has 2 rings (SSSR count). The minimum Gasteiger partial charge on any atom is -0.384 e. The molecule has 1 aromatic rings. The average molecular weight is 294 g/mol. The monoisotopic (exact) mass is 293 g/mol. The highest BCUT2D eigenvalue weighted by molar-refractivity contribution is 6.31. The zero-order chi connectivity index (χ0) is 14.7. The standard InChI is InChI=1S/C16H24ClN3/c1-11-3-7-14(8-4-11)20(2)10-13-6-5-12(16(18)19)9-15(13)17/h5-6,9,11,14H,3-4,7-8,10H2,1-2H3,(H3,18,19). The molecule has 0 heterocycles. The van der Waals surface area contributed by atoms with E-state index in [0.29, 0.717) is 16.6 Å². The number of rotatable bonds is 4. The number of amidine groups is 1. The number of nitrogens with two attached hydrogens (primary N) is 1. The smallest absolute Gasteiger partial charge is 0.122 e. The third-order valence-electron chi connectivity index (χ3n) is 4.39. The molecule has 0 aliphatic heterocycles. The highest BCUT2D eigenvalue weighted by atomic mass is 35.5. The van der Waals surface area contributed by atoms with Crippen LogP contribution < -0.4 is 5.73 Å². The Morgan fingerprint density at radius 3 is 2.55 bits per heavy atom. The summed E-state index contributed by atoms with van der Waals surface area (Å²) in [4.78, 5) is 2.40. The zero-order valence-electron chi connectivity index (χ0n) is 12.3. The van der Waals surface area contributed by atoms with Crippen molar-refractivity contribution in [1.82, 2.24) is 4.90 Å². The van der Waals surface area contributed by atoms with Gasteiger partial charge >= 0.3 is 0 Å². The third kappa shape index (κ3) is 3.74. The molecule has 0 atom stereocenters. The summed E-state index contributed by atoms with van der Waals surface area (Å²) in [5.41, 5.74) is 7.28. The summed E-state index contributed by atoms with van der Waals surface area (Å²) in [6.45, 7) is 3.20. The van der Waals surface area contributed by atoms with Crippen LogP contribution in [0.3, 0.4) is 0 Å². The minimum atomic E-state index is 0.0630. The van der Waals surface area contributed by atoms with Crippen LogP contribution in [0.25, 0.3) is 0 Å². The fourth-order valence-corrected chi connectivity index (χ4v) is 3.16. The molecular weight excluding hydrogens is 270 g/mol. The van der Waals surface area contributed by atoms with Crippen LogP contribution in [-0.2, 0) is 6.54 Å². The van der Waals surface area contributed by atoms with Crippen molar-refractivity contribution in [3.8, 4) is 0 Å². The van der Waals surface area contributed by atoms with Crippen molar-refractivity contribution < 1.29 is 0 Å². The molecule has 3 nitrogen and oxygen atoms in total. The van der Waals surface area contributed by atoms with Crippen LogP contribution in [0.1, 0.15) is 43.7 Å². The number of halogens is 1. The second kappa shape index (κ2) is 6.59. The van der Waals surface area contributed by atoms with E-state index in [4.69, 9.17) is 22.7 Å². The van der Waals surface area contributed by atoms with Crippen molar-refractivity contribution in [3.05, 3.63) is 34.3 Å². The first kappa shape index (κ1) is 15.3. The molecule has 0 saturated heterocycles. The summed E-state index contributed by atoms with van der Waals surface area (Å²) < 4.78 is 0. The molecule has 20 heavy (non-hydrogen) atoms. The summed E-state index contributed by atoms with van der Waals surface area (Å²) in [6.07, 6.45) is 5.21. The van der Waals surface area contributed by atoms with E-state index in [0.717, 1.165) is 18.0 Å². The summed E-state index contributed by atoms with van der Waals surface area (Å²) in [6, 6.07) is 6.31. The molecule has 0 aromatic heterocycles. The lowest BCUT2D eigenvalue weighted by molar-refractivity contribution is 0.164. The van der Waals surface area contributed by atoms with E-state index in [-0.39, 0.29) is 5.84 Å². The Hall–Kier alpha value is -1.06. The van der Waals surface area contributed by atoms with E-state index >= 15 is 0 Å². The number of nitrogens with one attached hydrogen (secondary N) is 1. The Labute approximate surface area is 126 Å². The Bertz CT molecular complexity index is 479. The van der Waals surface area contributed by atoms with Crippen LogP contribution in [0.5, 0.6) is 0 Å². The normalized spacial score (nSPS) is 23.0. The number of hydrogen-bond donors (Lipinski definition) is 2. The maximum absolute atomic E-state index is 7.43. The molecule has 0 spiro atoms. The van der Waals surface area contributed by atoms with E-state index in [1.54, 1.807) is 6.07 Å². The van der Waals surface area contributed by atoms with E-state index in [1.807, 2.05) is 12.1 Å². The molecular formula is C16H24ClN3. The highest BCUT2D eigenvalue weighted by Gasteiger charge is 2.22. The molecule has 0 radical (unpaired) electrons. The van der Waals surface area contributed by atoms with Crippen LogP contribution in [0.4, 0.5) is 0 Å². The van der Waals surface area contributed by atoms with Gasteiger partial charge in [0, 0.05) is 23.2 Å². The van der Waals surface area contributed by atoms with E-state index in [9.17, 15) is 0 Å². The molecule has 1 saturated carbocycles. The third-order valence-corrected chi connectivity index (χ3v) is 4.74. The first-order chi connectivity index (χ1) is 9.47. The van der Waals surface area contributed by atoms with Gasteiger partial charge in [0.15, 0.2) is 0 Å². The molecule has 1 fully saturated rings. The molecule has 1 aliphatic rings. The maximum atomic E-state index is 7.43. The summed E-state index contributed by atoms with van der Waals surface area (Å²) in [7, 11) is 2.18. The zero-order valence-corrected chi connectivity index (χ0v) is 13.1. The highest BCUT2D eigenvalue weighted by Crippen LogP contribution is 2.28. The minimum absolute atomic E-state index is 0.0630. The van der Waals surface area contributed by atoms with Gasteiger partial charge in [-0.1, -0.05) is 30.7 Å². The average Bonchev–Trinajstić information content (AvgIpc) is 2.41. The van der Waals surface area contributed by atoms with E-state index < -0.39 is 0 Å².